The van der Waals surface area contributed by atoms with Crippen LogP contribution >= 0.6 is 50.7 Å². The van der Waals surface area contributed by atoms with Crippen molar-refractivity contribution >= 4 is 56.5 Å². The highest BCUT2D eigenvalue weighted by molar-refractivity contribution is 9.10. The number of hydrogen-bond acceptors (Lipinski definition) is 1. The standard InChI is InChI=1S/C13H6BrCl3O/c14-7-1-3-9(12(17)5-7)13(18)10-6-8(15)2-4-11(10)16/h1-6H. The zero-order valence-corrected chi connectivity index (χ0v) is 12.7. The van der Waals surface area contributed by atoms with Gasteiger partial charge in [0.1, 0.15) is 0 Å². The molecule has 92 valence electrons. The predicted molar refractivity (Wildman–Crippen MR) is 79.0 cm³/mol. The van der Waals surface area contributed by atoms with Gasteiger partial charge in [0.25, 0.3) is 0 Å². The Morgan fingerprint density at radius 1 is 0.889 bits per heavy atom. The minimum absolute atomic E-state index is 0.250. The monoisotopic (exact) mass is 362 g/mol. The summed E-state index contributed by atoms with van der Waals surface area (Å²) in [5.74, 6) is -0.250. The van der Waals surface area contributed by atoms with Crippen LogP contribution in [-0.4, -0.2) is 5.78 Å². The molecule has 0 aliphatic rings. The van der Waals surface area contributed by atoms with Gasteiger partial charge in [-0.25, -0.2) is 0 Å². The first-order chi connectivity index (χ1) is 8.49. The lowest BCUT2D eigenvalue weighted by molar-refractivity contribution is 0.103. The highest BCUT2D eigenvalue weighted by Gasteiger charge is 2.16. The van der Waals surface area contributed by atoms with Gasteiger partial charge in [0.05, 0.1) is 10.0 Å². The smallest absolute Gasteiger partial charge is 0.196 e. The van der Waals surface area contributed by atoms with Gasteiger partial charge in [-0.15, -0.1) is 0 Å². The summed E-state index contributed by atoms with van der Waals surface area (Å²) in [5, 5.41) is 1.17. The molecule has 0 saturated heterocycles. The molecule has 2 rings (SSSR count). The third-order valence-corrected chi connectivity index (χ3v) is 3.72. The first-order valence-electron chi connectivity index (χ1n) is 4.94. The minimum atomic E-state index is -0.250. The summed E-state index contributed by atoms with van der Waals surface area (Å²) >= 11 is 21.2. The van der Waals surface area contributed by atoms with Crippen LogP contribution < -0.4 is 0 Å². The summed E-state index contributed by atoms with van der Waals surface area (Å²) in [6.45, 7) is 0. The summed E-state index contributed by atoms with van der Waals surface area (Å²) < 4.78 is 0.807. The van der Waals surface area contributed by atoms with Crippen LogP contribution in [0.25, 0.3) is 0 Å². The molecule has 0 heterocycles. The molecule has 0 unspecified atom stereocenters. The third-order valence-electron chi connectivity index (χ3n) is 2.35. The van der Waals surface area contributed by atoms with Crippen molar-refractivity contribution in [1.82, 2.24) is 0 Å². The van der Waals surface area contributed by atoms with Crippen LogP contribution in [0, 0.1) is 0 Å². The Balaban J connectivity index is 2.51. The fourth-order valence-corrected chi connectivity index (χ4v) is 2.62. The molecule has 0 bridgehead atoms. The molecule has 0 fully saturated rings. The Morgan fingerprint density at radius 3 is 2.28 bits per heavy atom. The number of halogens is 4. The summed E-state index contributed by atoms with van der Waals surface area (Å²) in [7, 11) is 0. The summed E-state index contributed by atoms with van der Waals surface area (Å²) in [6.07, 6.45) is 0. The molecule has 0 atom stereocenters. The van der Waals surface area contributed by atoms with E-state index in [4.69, 9.17) is 34.8 Å². The van der Waals surface area contributed by atoms with E-state index in [0.29, 0.717) is 26.2 Å². The van der Waals surface area contributed by atoms with Gasteiger partial charge in [0.15, 0.2) is 5.78 Å². The van der Waals surface area contributed by atoms with Gasteiger partial charge < -0.3 is 0 Å². The topological polar surface area (TPSA) is 17.1 Å². The average Bonchev–Trinajstić information content (AvgIpc) is 2.31. The molecule has 0 aliphatic carbocycles. The van der Waals surface area contributed by atoms with Crippen molar-refractivity contribution in [3.63, 3.8) is 0 Å². The molecule has 0 amide bonds. The number of benzene rings is 2. The molecule has 2 aromatic rings. The summed E-state index contributed by atoms with van der Waals surface area (Å²) in [4.78, 5) is 12.3. The fraction of sp³-hybridized carbons (Fsp3) is 0. The van der Waals surface area contributed by atoms with Gasteiger partial charge in [-0.3, -0.25) is 4.79 Å². The van der Waals surface area contributed by atoms with Gasteiger partial charge in [-0.05, 0) is 36.4 Å². The van der Waals surface area contributed by atoms with Crippen molar-refractivity contribution in [2.45, 2.75) is 0 Å². The van der Waals surface area contributed by atoms with E-state index in [1.807, 2.05) is 0 Å². The van der Waals surface area contributed by atoms with Gasteiger partial charge in [0.2, 0.25) is 0 Å². The quantitative estimate of drug-likeness (QED) is 0.630. The molecule has 5 heteroatoms. The molecule has 0 saturated carbocycles. The minimum Gasteiger partial charge on any atom is -0.288 e. The van der Waals surface area contributed by atoms with Crippen LogP contribution in [0.4, 0.5) is 0 Å². The van der Waals surface area contributed by atoms with E-state index in [1.54, 1.807) is 30.3 Å². The lowest BCUT2D eigenvalue weighted by atomic mass is 10.0. The Kier molecular flexibility index (Phi) is 4.33. The summed E-state index contributed by atoms with van der Waals surface area (Å²) in [6, 6.07) is 9.80. The van der Waals surface area contributed by atoms with Crippen LogP contribution in [0.3, 0.4) is 0 Å². The van der Waals surface area contributed by atoms with Gasteiger partial charge in [0, 0.05) is 20.6 Å². The molecule has 1 nitrogen and oxygen atoms in total. The maximum atomic E-state index is 12.3. The Hall–Kier alpha value is -0.540. The van der Waals surface area contributed by atoms with Crippen LogP contribution in [0.1, 0.15) is 15.9 Å². The van der Waals surface area contributed by atoms with Gasteiger partial charge in [-0.1, -0.05) is 50.7 Å². The number of carbonyl (C=O) groups excluding carboxylic acids is 1. The Bertz CT molecular complexity index is 626. The lowest BCUT2D eigenvalue weighted by Crippen LogP contribution is -2.03. The first kappa shape index (κ1) is 13.9. The maximum absolute atomic E-state index is 12.3. The van der Waals surface area contributed by atoms with Crippen LogP contribution in [0.2, 0.25) is 15.1 Å². The molecular formula is C13H6BrCl3O. The molecule has 0 aromatic heterocycles. The highest BCUT2D eigenvalue weighted by atomic mass is 79.9. The van der Waals surface area contributed by atoms with Crippen LogP contribution in [-0.2, 0) is 0 Å². The zero-order valence-electron chi connectivity index (χ0n) is 8.88. The molecular weight excluding hydrogens is 358 g/mol. The highest BCUT2D eigenvalue weighted by Crippen LogP contribution is 2.28. The van der Waals surface area contributed by atoms with Crippen molar-refractivity contribution < 1.29 is 4.79 Å². The summed E-state index contributed by atoms with van der Waals surface area (Å²) in [5.41, 5.74) is 0.734. The second kappa shape index (κ2) is 5.62. The zero-order chi connectivity index (χ0) is 13.3. The average molecular weight is 364 g/mol. The van der Waals surface area contributed by atoms with Crippen molar-refractivity contribution in [1.29, 1.82) is 0 Å². The predicted octanol–water partition coefficient (Wildman–Crippen LogP) is 5.64. The third kappa shape index (κ3) is 2.89. The van der Waals surface area contributed by atoms with E-state index in [-0.39, 0.29) is 5.78 Å². The van der Waals surface area contributed by atoms with Gasteiger partial charge >= 0.3 is 0 Å². The van der Waals surface area contributed by atoms with Crippen molar-refractivity contribution in [3.05, 3.63) is 67.1 Å². The van der Waals surface area contributed by atoms with Crippen molar-refractivity contribution in [2.24, 2.45) is 0 Å². The van der Waals surface area contributed by atoms with Crippen LogP contribution in [0.5, 0.6) is 0 Å². The SMILES string of the molecule is O=C(c1ccc(Br)cc1Cl)c1cc(Cl)ccc1Cl. The van der Waals surface area contributed by atoms with Crippen molar-refractivity contribution in [3.8, 4) is 0 Å². The molecule has 18 heavy (non-hydrogen) atoms. The number of carbonyl (C=O) groups is 1. The second-order valence-electron chi connectivity index (χ2n) is 3.58. The van der Waals surface area contributed by atoms with Gasteiger partial charge in [-0.2, -0.15) is 0 Å². The number of hydrogen-bond donors (Lipinski definition) is 0. The largest absolute Gasteiger partial charge is 0.288 e. The van der Waals surface area contributed by atoms with Crippen molar-refractivity contribution in [2.75, 3.05) is 0 Å². The Morgan fingerprint density at radius 2 is 1.61 bits per heavy atom. The lowest BCUT2D eigenvalue weighted by Gasteiger charge is -2.06. The molecule has 0 spiro atoms. The van der Waals surface area contributed by atoms with Crippen LogP contribution in [0.15, 0.2) is 40.9 Å². The van der Waals surface area contributed by atoms with E-state index in [2.05, 4.69) is 15.9 Å². The van der Waals surface area contributed by atoms with E-state index in [0.717, 1.165) is 4.47 Å². The first-order valence-corrected chi connectivity index (χ1v) is 6.86. The molecule has 0 N–H and O–H groups in total. The van der Waals surface area contributed by atoms with E-state index < -0.39 is 0 Å². The number of ketones is 1. The van der Waals surface area contributed by atoms with E-state index >= 15 is 0 Å². The molecule has 0 radical (unpaired) electrons. The van der Waals surface area contributed by atoms with E-state index in [9.17, 15) is 4.79 Å². The normalized spacial score (nSPS) is 10.4. The number of rotatable bonds is 2. The Labute approximate surface area is 128 Å². The molecule has 0 aliphatic heterocycles. The fourth-order valence-electron chi connectivity index (χ4n) is 1.49. The van der Waals surface area contributed by atoms with E-state index in [1.165, 1.54) is 6.07 Å². The maximum Gasteiger partial charge on any atom is 0.196 e. The second-order valence-corrected chi connectivity index (χ2v) is 5.74. The molecule has 2 aromatic carbocycles.